The quantitative estimate of drug-likeness (QED) is 0.937. The van der Waals surface area contributed by atoms with E-state index in [9.17, 15) is 14.7 Å². The van der Waals surface area contributed by atoms with E-state index in [1.807, 2.05) is 35.0 Å². The van der Waals surface area contributed by atoms with Crippen molar-refractivity contribution in [1.29, 1.82) is 0 Å². The summed E-state index contributed by atoms with van der Waals surface area (Å²) in [5.41, 5.74) is 1.49. The zero-order valence-corrected chi connectivity index (χ0v) is 13.5. The number of pyridine rings is 1. The fourth-order valence-electron chi connectivity index (χ4n) is 4.36. The predicted molar refractivity (Wildman–Crippen MR) is 87.5 cm³/mol. The predicted octanol–water partition coefficient (Wildman–Crippen LogP) is 2.12. The molecule has 1 saturated heterocycles. The van der Waals surface area contributed by atoms with Gasteiger partial charge in [0.1, 0.15) is 11.7 Å². The van der Waals surface area contributed by atoms with Crippen LogP contribution in [0, 0.1) is 5.92 Å². The van der Waals surface area contributed by atoms with Crippen LogP contribution in [0.4, 0.5) is 0 Å². The highest BCUT2D eigenvalue weighted by molar-refractivity contribution is 5.86. The van der Waals surface area contributed by atoms with Crippen molar-refractivity contribution in [2.75, 3.05) is 0 Å². The largest absolute Gasteiger partial charge is 0.480 e. The lowest BCUT2D eigenvalue weighted by molar-refractivity contribution is -0.149. The van der Waals surface area contributed by atoms with Crippen LogP contribution >= 0.6 is 0 Å². The van der Waals surface area contributed by atoms with Gasteiger partial charge in [-0.2, -0.15) is 0 Å². The number of rotatable bonds is 3. The maximum atomic E-state index is 12.9. The van der Waals surface area contributed by atoms with Crippen molar-refractivity contribution < 1.29 is 14.7 Å². The van der Waals surface area contributed by atoms with Gasteiger partial charge in [0.25, 0.3) is 0 Å². The molecule has 2 aromatic rings. The highest BCUT2D eigenvalue weighted by Crippen LogP contribution is 2.40. The lowest BCUT2D eigenvalue weighted by atomic mass is 9.84. The third-order valence-corrected chi connectivity index (χ3v) is 5.41. The van der Waals surface area contributed by atoms with E-state index < -0.39 is 12.0 Å². The van der Waals surface area contributed by atoms with Crippen molar-refractivity contribution in [1.82, 2.24) is 14.3 Å². The molecule has 6 nitrogen and oxygen atoms in total. The number of aromatic nitrogens is 2. The number of aliphatic carboxylic acids is 1. The van der Waals surface area contributed by atoms with Gasteiger partial charge < -0.3 is 14.4 Å². The topological polar surface area (TPSA) is 74.9 Å². The molecule has 0 radical (unpaired) electrons. The summed E-state index contributed by atoms with van der Waals surface area (Å²) in [4.78, 5) is 30.6. The Kier molecular flexibility index (Phi) is 3.75. The molecule has 0 unspecified atom stereocenters. The van der Waals surface area contributed by atoms with E-state index in [1.165, 1.54) is 0 Å². The number of amides is 1. The van der Waals surface area contributed by atoms with Gasteiger partial charge in [-0.1, -0.05) is 18.9 Å². The molecular weight excluding hydrogens is 306 g/mol. The van der Waals surface area contributed by atoms with Gasteiger partial charge in [-0.05, 0) is 37.3 Å². The molecule has 4 rings (SSSR count). The van der Waals surface area contributed by atoms with Gasteiger partial charge in [0.05, 0.1) is 12.1 Å². The Hall–Kier alpha value is -2.37. The number of hydrogen-bond donors (Lipinski definition) is 1. The van der Waals surface area contributed by atoms with E-state index in [0.717, 1.165) is 31.3 Å². The SMILES string of the molecule is O=C(O)[C@@H]1C[C@@H]2CCCC[C@H]2N1C(=O)Cc1cn2ccccc2n1. The lowest BCUT2D eigenvalue weighted by Crippen LogP contribution is -2.46. The van der Waals surface area contributed by atoms with E-state index in [-0.39, 0.29) is 18.4 Å². The molecule has 1 amide bonds. The van der Waals surface area contributed by atoms with Crippen LogP contribution in [0.3, 0.4) is 0 Å². The second-order valence-electron chi connectivity index (χ2n) is 6.88. The van der Waals surface area contributed by atoms with Crippen molar-refractivity contribution in [3.8, 4) is 0 Å². The molecule has 3 heterocycles. The Labute approximate surface area is 140 Å². The highest BCUT2D eigenvalue weighted by atomic mass is 16.4. The summed E-state index contributed by atoms with van der Waals surface area (Å²) in [6, 6.07) is 5.11. The Morgan fingerprint density at radius 1 is 1.25 bits per heavy atom. The van der Waals surface area contributed by atoms with Crippen LogP contribution < -0.4 is 0 Å². The number of carboxylic acids is 1. The average Bonchev–Trinajstić information content (AvgIpc) is 3.15. The van der Waals surface area contributed by atoms with Crippen LogP contribution in [0.1, 0.15) is 37.8 Å². The zero-order valence-electron chi connectivity index (χ0n) is 13.5. The fraction of sp³-hybridized carbons (Fsp3) is 0.500. The van der Waals surface area contributed by atoms with Crippen LogP contribution in [-0.4, -0.2) is 43.4 Å². The van der Waals surface area contributed by atoms with Gasteiger partial charge in [0, 0.05) is 18.4 Å². The lowest BCUT2D eigenvalue weighted by Gasteiger charge is -2.32. The monoisotopic (exact) mass is 327 g/mol. The molecule has 2 fully saturated rings. The van der Waals surface area contributed by atoms with Crippen molar-refractivity contribution in [3.05, 3.63) is 36.3 Å². The van der Waals surface area contributed by atoms with Crippen LogP contribution in [0.15, 0.2) is 30.6 Å². The molecule has 0 bridgehead atoms. The van der Waals surface area contributed by atoms with E-state index in [1.54, 1.807) is 4.90 Å². The summed E-state index contributed by atoms with van der Waals surface area (Å²) in [5, 5.41) is 9.55. The van der Waals surface area contributed by atoms with Crippen molar-refractivity contribution in [3.63, 3.8) is 0 Å². The van der Waals surface area contributed by atoms with E-state index in [4.69, 9.17) is 0 Å². The smallest absolute Gasteiger partial charge is 0.326 e. The minimum atomic E-state index is -0.882. The van der Waals surface area contributed by atoms with Crippen LogP contribution in [0.5, 0.6) is 0 Å². The molecule has 126 valence electrons. The van der Waals surface area contributed by atoms with Crippen molar-refractivity contribution in [2.24, 2.45) is 5.92 Å². The molecule has 3 atom stereocenters. The van der Waals surface area contributed by atoms with E-state index in [0.29, 0.717) is 18.0 Å². The summed E-state index contributed by atoms with van der Waals surface area (Å²) in [5.74, 6) is -0.655. The second kappa shape index (κ2) is 5.92. The molecule has 0 aromatic carbocycles. The summed E-state index contributed by atoms with van der Waals surface area (Å²) >= 11 is 0. The number of hydrogen-bond acceptors (Lipinski definition) is 3. The van der Waals surface area contributed by atoms with Crippen LogP contribution in [-0.2, 0) is 16.0 Å². The highest BCUT2D eigenvalue weighted by Gasteiger charge is 2.47. The van der Waals surface area contributed by atoms with Crippen molar-refractivity contribution in [2.45, 2.75) is 50.6 Å². The molecule has 1 aliphatic heterocycles. The molecule has 1 aliphatic carbocycles. The molecule has 2 aromatic heterocycles. The van der Waals surface area contributed by atoms with Gasteiger partial charge in [0.2, 0.25) is 5.91 Å². The molecule has 2 aliphatic rings. The first-order chi connectivity index (χ1) is 11.6. The number of imidazole rings is 1. The molecular formula is C18H21N3O3. The normalized spacial score (nSPS) is 26.5. The second-order valence-corrected chi connectivity index (χ2v) is 6.88. The summed E-state index contributed by atoms with van der Waals surface area (Å²) in [6.45, 7) is 0. The molecule has 1 saturated carbocycles. The number of carbonyl (C=O) groups is 2. The summed E-state index contributed by atoms with van der Waals surface area (Å²) in [6.07, 6.45) is 8.66. The van der Waals surface area contributed by atoms with Crippen molar-refractivity contribution >= 4 is 17.5 Å². The maximum Gasteiger partial charge on any atom is 0.326 e. The maximum absolute atomic E-state index is 12.9. The number of carboxylic acid groups (broad SMARTS) is 1. The van der Waals surface area contributed by atoms with Gasteiger partial charge in [-0.15, -0.1) is 0 Å². The number of carbonyl (C=O) groups excluding carboxylic acids is 1. The minimum absolute atomic E-state index is 0.0874. The molecule has 24 heavy (non-hydrogen) atoms. The van der Waals surface area contributed by atoms with Gasteiger partial charge in [-0.3, -0.25) is 4.79 Å². The first-order valence-corrected chi connectivity index (χ1v) is 8.60. The minimum Gasteiger partial charge on any atom is -0.480 e. The first-order valence-electron chi connectivity index (χ1n) is 8.60. The summed E-state index contributed by atoms with van der Waals surface area (Å²) < 4.78 is 1.88. The standard InChI is InChI=1S/C18H21N3O3/c22-17(10-13-11-20-8-4-3-7-16(20)19-13)21-14-6-2-1-5-12(14)9-15(21)18(23)24/h3-4,7-8,11-12,14-15H,1-2,5-6,9-10H2,(H,23,24)/t12-,14+,15-/m0/s1. The number of nitrogens with zero attached hydrogens (tertiary/aromatic N) is 3. The third-order valence-electron chi connectivity index (χ3n) is 5.41. The average molecular weight is 327 g/mol. The van der Waals surface area contributed by atoms with Gasteiger partial charge in [0.15, 0.2) is 0 Å². The van der Waals surface area contributed by atoms with Crippen LogP contribution in [0.25, 0.3) is 5.65 Å². The summed E-state index contributed by atoms with van der Waals surface area (Å²) in [7, 11) is 0. The zero-order chi connectivity index (χ0) is 16.7. The van der Waals surface area contributed by atoms with Gasteiger partial charge in [-0.25, -0.2) is 9.78 Å². The first kappa shape index (κ1) is 15.2. The number of fused-ring (bicyclic) bond motifs is 2. The molecule has 0 spiro atoms. The number of likely N-dealkylation sites (tertiary alicyclic amines) is 1. The molecule has 1 N–H and O–H groups in total. The van der Waals surface area contributed by atoms with E-state index >= 15 is 0 Å². The molecule has 6 heteroatoms. The Balaban J connectivity index is 1.58. The Morgan fingerprint density at radius 2 is 2.08 bits per heavy atom. The van der Waals surface area contributed by atoms with E-state index in [2.05, 4.69) is 4.98 Å². The Morgan fingerprint density at radius 3 is 2.88 bits per heavy atom. The van der Waals surface area contributed by atoms with Gasteiger partial charge >= 0.3 is 5.97 Å². The van der Waals surface area contributed by atoms with Crippen LogP contribution in [0.2, 0.25) is 0 Å². The Bertz CT molecular complexity index is 752. The third kappa shape index (κ3) is 2.56. The fourth-order valence-corrected chi connectivity index (χ4v) is 4.36.